The van der Waals surface area contributed by atoms with E-state index in [0.29, 0.717) is 25.0 Å². The van der Waals surface area contributed by atoms with Crippen LogP contribution in [0.5, 0.6) is 17.2 Å². The van der Waals surface area contributed by atoms with Crippen molar-refractivity contribution in [2.75, 3.05) is 0 Å². The maximum atomic E-state index is 12.3. The van der Waals surface area contributed by atoms with Gasteiger partial charge in [0.05, 0.1) is 5.92 Å². The maximum Gasteiger partial charge on any atom is 0.314 e. The molecule has 0 fully saturated rings. The average Bonchev–Trinajstić information content (AvgIpc) is 2.65. The van der Waals surface area contributed by atoms with E-state index < -0.39 is 0 Å². The first-order valence-electron chi connectivity index (χ1n) is 9.77. The third kappa shape index (κ3) is 6.15. The number of esters is 1. The molecule has 0 aliphatic rings. The monoisotopic (exact) mass is 382 g/mol. The van der Waals surface area contributed by atoms with Gasteiger partial charge < -0.3 is 14.9 Å². The molecule has 2 aromatic rings. The molecule has 0 spiro atoms. The normalized spacial score (nSPS) is 11.7. The number of carbonyl (C=O) groups is 1. The van der Waals surface area contributed by atoms with Crippen LogP contribution in [0.2, 0.25) is 0 Å². The van der Waals surface area contributed by atoms with Crippen LogP contribution in [0.4, 0.5) is 0 Å². The van der Waals surface area contributed by atoms with Gasteiger partial charge in [0, 0.05) is 11.6 Å². The Hall–Kier alpha value is -2.75. The van der Waals surface area contributed by atoms with Crippen molar-refractivity contribution >= 4 is 5.97 Å². The molecule has 0 amide bonds. The summed E-state index contributed by atoms with van der Waals surface area (Å²) in [7, 11) is 0. The Labute approximate surface area is 167 Å². The highest BCUT2D eigenvalue weighted by atomic mass is 16.5. The average molecular weight is 383 g/mol. The van der Waals surface area contributed by atoms with Gasteiger partial charge in [-0.05, 0) is 68.9 Å². The van der Waals surface area contributed by atoms with Gasteiger partial charge in [0.1, 0.15) is 17.2 Å². The number of ether oxygens (including phenoxy) is 1. The molecule has 4 nitrogen and oxygen atoms in total. The second-order valence-electron chi connectivity index (χ2n) is 7.46. The lowest BCUT2D eigenvalue weighted by Crippen LogP contribution is -2.18. The zero-order valence-corrected chi connectivity index (χ0v) is 17.2. The number of phenolic OH excluding ortho intramolecular Hbond substituents is 2. The highest BCUT2D eigenvalue weighted by molar-refractivity contribution is 5.75. The van der Waals surface area contributed by atoms with Crippen molar-refractivity contribution < 1.29 is 19.7 Å². The molecule has 0 heterocycles. The number of aryl methyl sites for hydroxylation is 2. The molecule has 0 bridgehead atoms. The summed E-state index contributed by atoms with van der Waals surface area (Å²) >= 11 is 0. The topological polar surface area (TPSA) is 66.8 Å². The first-order chi connectivity index (χ1) is 13.3. The van der Waals surface area contributed by atoms with Gasteiger partial charge in [-0.3, -0.25) is 4.79 Å². The van der Waals surface area contributed by atoms with Gasteiger partial charge >= 0.3 is 5.97 Å². The molecule has 0 saturated heterocycles. The zero-order valence-electron chi connectivity index (χ0n) is 17.2. The Kier molecular flexibility index (Phi) is 7.68. The molecule has 0 saturated carbocycles. The minimum atomic E-state index is -0.281. The fraction of sp³-hybridized carbons (Fsp3) is 0.375. The molecule has 0 aromatic heterocycles. The van der Waals surface area contributed by atoms with E-state index in [-0.39, 0.29) is 23.4 Å². The molecule has 0 aliphatic carbocycles. The molecule has 2 N–H and O–H groups in total. The smallest absolute Gasteiger partial charge is 0.314 e. The van der Waals surface area contributed by atoms with E-state index >= 15 is 0 Å². The molecule has 2 rings (SSSR count). The summed E-state index contributed by atoms with van der Waals surface area (Å²) in [6, 6.07) is 10.4. The SMILES string of the molecule is CC[C@H](C)C(=O)Oc1cc(O)cc(CCc2ccc(O)cc2)c1CC=C(C)C. The molecule has 150 valence electrons. The van der Waals surface area contributed by atoms with Crippen molar-refractivity contribution in [2.45, 2.75) is 53.4 Å². The van der Waals surface area contributed by atoms with Crippen LogP contribution >= 0.6 is 0 Å². The third-order valence-corrected chi connectivity index (χ3v) is 4.85. The Morgan fingerprint density at radius 1 is 1.07 bits per heavy atom. The molecule has 0 aliphatic heterocycles. The fourth-order valence-electron chi connectivity index (χ4n) is 2.86. The highest BCUT2D eigenvalue weighted by Crippen LogP contribution is 2.31. The van der Waals surface area contributed by atoms with Crippen LogP contribution in [-0.4, -0.2) is 16.2 Å². The van der Waals surface area contributed by atoms with Crippen LogP contribution < -0.4 is 4.74 Å². The van der Waals surface area contributed by atoms with Crippen molar-refractivity contribution in [3.63, 3.8) is 0 Å². The molecular weight excluding hydrogens is 352 g/mol. The van der Waals surface area contributed by atoms with E-state index in [1.807, 2.05) is 39.8 Å². The molecule has 28 heavy (non-hydrogen) atoms. The van der Waals surface area contributed by atoms with Gasteiger partial charge in [-0.25, -0.2) is 0 Å². The van der Waals surface area contributed by atoms with E-state index in [2.05, 4.69) is 6.08 Å². The van der Waals surface area contributed by atoms with Gasteiger partial charge in [0.25, 0.3) is 0 Å². The van der Waals surface area contributed by atoms with Gasteiger partial charge in [-0.1, -0.05) is 37.6 Å². The van der Waals surface area contributed by atoms with E-state index in [1.165, 1.54) is 11.6 Å². The predicted octanol–water partition coefficient (Wildman–Crippen LogP) is 5.34. The lowest BCUT2D eigenvalue weighted by Gasteiger charge is -2.17. The molecule has 4 heteroatoms. The lowest BCUT2D eigenvalue weighted by atomic mass is 9.96. The van der Waals surface area contributed by atoms with Gasteiger partial charge in [0.2, 0.25) is 0 Å². The minimum absolute atomic E-state index is 0.0913. The number of aromatic hydroxyl groups is 2. The van der Waals surface area contributed by atoms with E-state index in [0.717, 1.165) is 23.1 Å². The first kappa shape index (κ1) is 21.5. The van der Waals surface area contributed by atoms with E-state index in [1.54, 1.807) is 18.2 Å². The van der Waals surface area contributed by atoms with E-state index in [9.17, 15) is 15.0 Å². The second-order valence-corrected chi connectivity index (χ2v) is 7.46. The summed E-state index contributed by atoms with van der Waals surface area (Å²) in [5, 5.41) is 19.6. The molecular formula is C24H30O4. The summed E-state index contributed by atoms with van der Waals surface area (Å²) in [5.74, 6) is 0.289. The summed E-state index contributed by atoms with van der Waals surface area (Å²) in [5.41, 5.74) is 4.15. The Bertz CT molecular complexity index is 830. The van der Waals surface area contributed by atoms with Crippen LogP contribution in [0.15, 0.2) is 48.0 Å². The predicted molar refractivity (Wildman–Crippen MR) is 112 cm³/mol. The number of allylic oxidation sites excluding steroid dienone is 2. The molecule has 1 atom stereocenters. The number of benzene rings is 2. The Morgan fingerprint density at radius 2 is 1.75 bits per heavy atom. The molecule has 0 unspecified atom stereocenters. The Balaban J connectivity index is 2.34. The van der Waals surface area contributed by atoms with Gasteiger partial charge in [-0.15, -0.1) is 0 Å². The summed E-state index contributed by atoms with van der Waals surface area (Å²) in [4.78, 5) is 12.3. The fourth-order valence-corrected chi connectivity index (χ4v) is 2.86. The van der Waals surface area contributed by atoms with Crippen molar-refractivity contribution in [2.24, 2.45) is 5.92 Å². The van der Waals surface area contributed by atoms with Gasteiger partial charge in [0.15, 0.2) is 0 Å². The number of hydrogen-bond donors (Lipinski definition) is 2. The molecule has 0 radical (unpaired) electrons. The first-order valence-corrected chi connectivity index (χ1v) is 9.77. The van der Waals surface area contributed by atoms with Crippen LogP contribution in [-0.2, 0) is 24.1 Å². The zero-order chi connectivity index (χ0) is 20.7. The summed E-state index contributed by atoms with van der Waals surface area (Å²) in [6.45, 7) is 7.84. The van der Waals surface area contributed by atoms with Gasteiger partial charge in [-0.2, -0.15) is 0 Å². The van der Waals surface area contributed by atoms with Crippen LogP contribution in [0.25, 0.3) is 0 Å². The van der Waals surface area contributed by atoms with Crippen LogP contribution in [0.3, 0.4) is 0 Å². The highest BCUT2D eigenvalue weighted by Gasteiger charge is 2.18. The quantitative estimate of drug-likeness (QED) is 0.367. The second kappa shape index (κ2) is 9.98. The number of hydrogen-bond acceptors (Lipinski definition) is 4. The standard InChI is InChI=1S/C24H30O4/c1-5-17(4)24(27)28-23-15-21(26)14-19(22(23)13-6-16(2)3)10-7-18-8-11-20(25)12-9-18/h6,8-9,11-12,14-15,17,25-26H,5,7,10,13H2,1-4H3/t17-/m0/s1. The van der Waals surface area contributed by atoms with E-state index in [4.69, 9.17) is 4.74 Å². The van der Waals surface area contributed by atoms with Crippen molar-refractivity contribution in [1.29, 1.82) is 0 Å². The Morgan fingerprint density at radius 3 is 2.36 bits per heavy atom. The maximum absolute atomic E-state index is 12.3. The summed E-state index contributed by atoms with van der Waals surface area (Å²) in [6.07, 6.45) is 4.88. The molecule has 2 aromatic carbocycles. The van der Waals surface area contributed by atoms with Crippen molar-refractivity contribution in [1.82, 2.24) is 0 Å². The van der Waals surface area contributed by atoms with Crippen molar-refractivity contribution in [3.8, 4) is 17.2 Å². The van der Waals surface area contributed by atoms with Crippen molar-refractivity contribution in [3.05, 3.63) is 64.7 Å². The summed E-state index contributed by atoms with van der Waals surface area (Å²) < 4.78 is 5.66. The van der Waals surface area contributed by atoms with Crippen LogP contribution in [0.1, 0.15) is 50.8 Å². The number of phenols is 2. The number of carbonyl (C=O) groups excluding carboxylic acids is 1. The largest absolute Gasteiger partial charge is 0.508 e. The number of rotatable bonds is 8. The minimum Gasteiger partial charge on any atom is -0.508 e. The van der Waals surface area contributed by atoms with Crippen LogP contribution in [0, 0.1) is 5.92 Å². The lowest BCUT2D eigenvalue weighted by molar-refractivity contribution is -0.138. The third-order valence-electron chi connectivity index (χ3n) is 4.85.